The van der Waals surface area contributed by atoms with Gasteiger partial charge in [-0.05, 0) is 36.9 Å². The fraction of sp³-hybridized carbons (Fsp3) is 0.200. The summed E-state index contributed by atoms with van der Waals surface area (Å²) in [5.74, 6) is 0.987. The molecule has 2 rings (SSSR count). The molecule has 0 aliphatic heterocycles. The van der Waals surface area contributed by atoms with Crippen LogP contribution in [0.3, 0.4) is 0 Å². The van der Waals surface area contributed by atoms with E-state index in [0.29, 0.717) is 0 Å². The summed E-state index contributed by atoms with van der Waals surface area (Å²) >= 11 is 1.72. The predicted molar refractivity (Wildman–Crippen MR) is 79.7 cm³/mol. The van der Waals surface area contributed by atoms with Gasteiger partial charge in [-0.15, -0.1) is 11.8 Å². The number of nitrogens with zero attached hydrogens (tertiary/aromatic N) is 2. The number of benzene rings is 1. The van der Waals surface area contributed by atoms with Gasteiger partial charge < -0.3 is 0 Å². The van der Waals surface area contributed by atoms with Crippen LogP contribution in [0.5, 0.6) is 0 Å². The largest absolute Gasteiger partial charge is 0.254 e. The molecule has 0 saturated heterocycles. The van der Waals surface area contributed by atoms with Gasteiger partial charge in [0.2, 0.25) is 0 Å². The normalized spacial score (nSPS) is 11.6. The smallest absolute Gasteiger partial charge is 0.122 e. The Labute approximate surface area is 112 Å². The maximum absolute atomic E-state index is 4.68. The zero-order valence-corrected chi connectivity index (χ0v) is 11.4. The molecule has 2 nitrogen and oxygen atoms in total. The Kier molecular flexibility index (Phi) is 4.53. The summed E-state index contributed by atoms with van der Waals surface area (Å²) in [5.41, 5.74) is 3.16. The summed E-state index contributed by atoms with van der Waals surface area (Å²) in [4.78, 5) is 9.04. The van der Waals surface area contributed by atoms with E-state index in [1.165, 1.54) is 5.56 Å². The highest BCUT2D eigenvalue weighted by molar-refractivity contribution is 8.14. The lowest BCUT2D eigenvalue weighted by Crippen LogP contribution is -1.98. The summed E-state index contributed by atoms with van der Waals surface area (Å²) in [5, 5.41) is 0.974. The van der Waals surface area contributed by atoms with Crippen molar-refractivity contribution < 1.29 is 0 Å². The Morgan fingerprint density at radius 2 is 1.94 bits per heavy atom. The van der Waals surface area contributed by atoms with Gasteiger partial charge in [0.1, 0.15) is 5.04 Å². The highest BCUT2D eigenvalue weighted by atomic mass is 32.2. The molecule has 18 heavy (non-hydrogen) atoms. The molecule has 0 aliphatic rings. The van der Waals surface area contributed by atoms with Gasteiger partial charge in [0.05, 0.1) is 11.4 Å². The van der Waals surface area contributed by atoms with Crippen LogP contribution in [-0.4, -0.2) is 15.8 Å². The number of pyridine rings is 1. The molecule has 1 aromatic carbocycles. The molecule has 0 bridgehead atoms. The molecule has 1 aromatic heterocycles. The minimum atomic E-state index is 0.935. The maximum Gasteiger partial charge on any atom is 0.122 e. The molecule has 2 aromatic rings. The van der Waals surface area contributed by atoms with Crippen molar-refractivity contribution in [2.75, 3.05) is 5.75 Å². The van der Waals surface area contributed by atoms with Gasteiger partial charge in [-0.2, -0.15) is 0 Å². The highest BCUT2D eigenvalue weighted by Crippen LogP contribution is 2.19. The third-order valence-corrected chi connectivity index (χ3v) is 3.29. The Bertz CT molecular complexity index is 518. The van der Waals surface area contributed by atoms with E-state index >= 15 is 0 Å². The molecular weight excluding hydrogens is 240 g/mol. The van der Waals surface area contributed by atoms with Gasteiger partial charge in [-0.3, -0.25) is 4.98 Å². The minimum absolute atomic E-state index is 0.935. The fourth-order valence-corrected chi connectivity index (χ4v) is 2.24. The van der Waals surface area contributed by atoms with E-state index in [9.17, 15) is 0 Å². The minimum Gasteiger partial charge on any atom is -0.254 e. The van der Waals surface area contributed by atoms with Crippen molar-refractivity contribution in [3.63, 3.8) is 0 Å². The van der Waals surface area contributed by atoms with Crippen LogP contribution in [0.25, 0.3) is 0 Å². The Hall–Kier alpha value is -1.61. The number of rotatable bonds is 3. The van der Waals surface area contributed by atoms with Crippen molar-refractivity contribution in [2.24, 2.45) is 4.99 Å². The van der Waals surface area contributed by atoms with Crippen molar-refractivity contribution in [2.45, 2.75) is 13.8 Å². The number of aromatic nitrogens is 1. The summed E-state index contributed by atoms with van der Waals surface area (Å²) in [7, 11) is 0. The molecular formula is C15H16N2S. The predicted octanol–water partition coefficient (Wildman–Crippen LogP) is 4.22. The third kappa shape index (κ3) is 3.44. The first-order valence-corrected chi connectivity index (χ1v) is 6.97. The number of hydrogen-bond donors (Lipinski definition) is 0. The molecule has 92 valence electrons. The molecule has 0 aliphatic carbocycles. The van der Waals surface area contributed by atoms with Crippen LogP contribution in [0.2, 0.25) is 0 Å². The van der Waals surface area contributed by atoms with Crippen LogP contribution in [0.1, 0.15) is 18.2 Å². The van der Waals surface area contributed by atoms with E-state index in [-0.39, 0.29) is 0 Å². The van der Waals surface area contributed by atoms with Crippen molar-refractivity contribution in [3.8, 4) is 0 Å². The van der Waals surface area contributed by atoms with E-state index in [4.69, 9.17) is 0 Å². The molecule has 0 fully saturated rings. The average Bonchev–Trinajstić information content (AvgIpc) is 2.42. The third-order valence-electron chi connectivity index (χ3n) is 2.43. The second kappa shape index (κ2) is 6.36. The lowest BCUT2D eigenvalue weighted by molar-refractivity contribution is 1.29. The molecule has 0 spiro atoms. The van der Waals surface area contributed by atoms with Crippen LogP contribution < -0.4 is 0 Å². The van der Waals surface area contributed by atoms with E-state index in [1.807, 2.05) is 30.3 Å². The van der Waals surface area contributed by atoms with Gasteiger partial charge in [0.15, 0.2) is 0 Å². The van der Waals surface area contributed by atoms with Gasteiger partial charge in [-0.25, -0.2) is 4.99 Å². The molecule has 0 saturated carbocycles. The molecule has 1 heterocycles. The van der Waals surface area contributed by atoms with Gasteiger partial charge in [-0.1, -0.05) is 30.7 Å². The Morgan fingerprint density at radius 1 is 1.17 bits per heavy atom. The summed E-state index contributed by atoms with van der Waals surface area (Å²) in [6.07, 6.45) is 1.80. The van der Waals surface area contributed by atoms with E-state index in [0.717, 1.165) is 22.2 Å². The second-order valence-electron chi connectivity index (χ2n) is 3.90. The zero-order chi connectivity index (χ0) is 12.8. The number of aliphatic imine (C=N–C) groups is 1. The molecule has 0 N–H and O–H groups in total. The van der Waals surface area contributed by atoms with Crippen LogP contribution in [0.4, 0.5) is 5.69 Å². The number of thioether (sulfide) groups is 1. The van der Waals surface area contributed by atoms with Crippen molar-refractivity contribution in [1.82, 2.24) is 4.98 Å². The molecule has 0 unspecified atom stereocenters. The molecule has 0 atom stereocenters. The summed E-state index contributed by atoms with van der Waals surface area (Å²) < 4.78 is 0. The number of hydrogen-bond acceptors (Lipinski definition) is 3. The first-order chi connectivity index (χ1) is 8.79. The lowest BCUT2D eigenvalue weighted by Gasteiger charge is -2.04. The van der Waals surface area contributed by atoms with E-state index in [1.54, 1.807) is 18.0 Å². The standard InChI is InChI=1S/C15H16N2S/c1-3-18-15(14-6-4-5-11-16-14)17-13-9-7-12(2)8-10-13/h4-11H,3H2,1-2H3. The van der Waals surface area contributed by atoms with Crippen LogP contribution in [-0.2, 0) is 0 Å². The fourth-order valence-electron chi connectivity index (χ4n) is 1.53. The van der Waals surface area contributed by atoms with Crippen LogP contribution >= 0.6 is 11.8 Å². The Morgan fingerprint density at radius 3 is 2.56 bits per heavy atom. The van der Waals surface area contributed by atoms with Gasteiger partial charge >= 0.3 is 0 Å². The molecule has 3 heteroatoms. The zero-order valence-electron chi connectivity index (χ0n) is 10.6. The van der Waals surface area contributed by atoms with Gasteiger partial charge in [0.25, 0.3) is 0 Å². The van der Waals surface area contributed by atoms with Crippen molar-refractivity contribution >= 4 is 22.5 Å². The topological polar surface area (TPSA) is 25.2 Å². The van der Waals surface area contributed by atoms with E-state index < -0.39 is 0 Å². The summed E-state index contributed by atoms with van der Waals surface area (Å²) in [6, 6.07) is 14.1. The van der Waals surface area contributed by atoms with Crippen LogP contribution in [0.15, 0.2) is 53.7 Å². The first-order valence-electron chi connectivity index (χ1n) is 5.99. The van der Waals surface area contributed by atoms with E-state index in [2.05, 4.69) is 36.0 Å². The SMILES string of the molecule is CCSC(=Nc1ccc(C)cc1)c1ccccn1. The molecule has 0 amide bonds. The average molecular weight is 256 g/mol. The highest BCUT2D eigenvalue weighted by Gasteiger charge is 2.04. The quantitative estimate of drug-likeness (QED) is 0.607. The van der Waals surface area contributed by atoms with Gasteiger partial charge in [0, 0.05) is 6.20 Å². The van der Waals surface area contributed by atoms with Crippen molar-refractivity contribution in [1.29, 1.82) is 0 Å². The van der Waals surface area contributed by atoms with Crippen molar-refractivity contribution in [3.05, 3.63) is 59.9 Å². The summed E-state index contributed by atoms with van der Waals surface area (Å²) in [6.45, 7) is 4.20. The molecule has 0 radical (unpaired) electrons. The Balaban J connectivity index is 2.33. The van der Waals surface area contributed by atoms with Crippen LogP contribution in [0, 0.1) is 6.92 Å². The number of aryl methyl sites for hydroxylation is 1. The monoisotopic (exact) mass is 256 g/mol. The second-order valence-corrected chi connectivity index (χ2v) is 5.15. The lowest BCUT2D eigenvalue weighted by atomic mass is 10.2. The maximum atomic E-state index is 4.68. The first kappa shape index (κ1) is 12.8.